The van der Waals surface area contributed by atoms with E-state index in [2.05, 4.69) is 79.9 Å². The van der Waals surface area contributed by atoms with E-state index in [1.165, 1.54) is 109 Å². The fraction of sp³-hybridized carbons (Fsp3) is 0.722. The molecule has 362 valence electrons. The van der Waals surface area contributed by atoms with Gasteiger partial charge >= 0.3 is 0 Å². The van der Waals surface area contributed by atoms with Crippen LogP contribution in [0.4, 0.5) is 0 Å². The molecule has 0 aromatic heterocycles. The first-order valence-corrected chi connectivity index (χ1v) is 25.3. The van der Waals surface area contributed by atoms with E-state index in [0.29, 0.717) is 6.42 Å². The van der Waals surface area contributed by atoms with Gasteiger partial charge in [-0.3, -0.25) is 4.79 Å². The van der Waals surface area contributed by atoms with Gasteiger partial charge in [0.1, 0.15) is 24.4 Å². The van der Waals surface area contributed by atoms with Gasteiger partial charge in [-0.15, -0.1) is 0 Å². The molecule has 1 fully saturated rings. The highest BCUT2D eigenvalue weighted by Crippen LogP contribution is 2.22. The molecule has 0 aliphatic carbocycles. The van der Waals surface area contributed by atoms with Crippen LogP contribution in [0.5, 0.6) is 0 Å². The molecule has 0 bridgehead atoms. The van der Waals surface area contributed by atoms with Crippen LogP contribution in [-0.4, -0.2) is 87.5 Å². The topological polar surface area (TPSA) is 149 Å². The second kappa shape index (κ2) is 43.3. The van der Waals surface area contributed by atoms with E-state index in [-0.39, 0.29) is 18.9 Å². The number of amides is 1. The van der Waals surface area contributed by atoms with Crippen molar-refractivity contribution in [3.8, 4) is 0 Å². The fourth-order valence-corrected chi connectivity index (χ4v) is 7.47. The summed E-state index contributed by atoms with van der Waals surface area (Å²) in [5.41, 5.74) is 0. The third kappa shape index (κ3) is 33.5. The molecular formula is C54H93NO8. The largest absolute Gasteiger partial charge is 0.394 e. The summed E-state index contributed by atoms with van der Waals surface area (Å²) < 4.78 is 11.2. The zero-order valence-electron chi connectivity index (χ0n) is 39.8. The van der Waals surface area contributed by atoms with Crippen LogP contribution in [-0.2, 0) is 14.3 Å². The van der Waals surface area contributed by atoms with Crippen molar-refractivity contribution in [1.82, 2.24) is 5.32 Å². The number of allylic oxidation sites excluding steroid dienone is 13. The molecule has 63 heavy (non-hydrogen) atoms. The summed E-state index contributed by atoms with van der Waals surface area (Å²) in [5, 5.41) is 54.3. The van der Waals surface area contributed by atoms with E-state index in [1.54, 1.807) is 6.08 Å². The number of aliphatic hydroxyl groups is 5. The summed E-state index contributed by atoms with van der Waals surface area (Å²) >= 11 is 0. The lowest BCUT2D eigenvalue weighted by molar-refractivity contribution is -0.302. The Morgan fingerprint density at radius 3 is 1.43 bits per heavy atom. The van der Waals surface area contributed by atoms with E-state index in [4.69, 9.17) is 9.47 Å². The Morgan fingerprint density at radius 2 is 0.984 bits per heavy atom. The highest BCUT2D eigenvalue weighted by atomic mass is 16.7. The predicted octanol–water partition coefficient (Wildman–Crippen LogP) is 11.5. The Morgan fingerprint density at radius 1 is 0.556 bits per heavy atom. The van der Waals surface area contributed by atoms with Crippen molar-refractivity contribution < 1.29 is 39.8 Å². The zero-order chi connectivity index (χ0) is 45.9. The van der Waals surface area contributed by atoms with Gasteiger partial charge in [0.15, 0.2) is 6.29 Å². The van der Waals surface area contributed by atoms with E-state index >= 15 is 0 Å². The monoisotopic (exact) mass is 884 g/mol. The van der Waals surface area contributed by atoms with Crippen molar-refractivity contribution in [1.29, 1.82) is 0 Å². The number of carbonyl (C=O) groups is 1. The number of hydrogen-bond acceptors (Lipinski definition) is 8. The van der Waals surface area contributed by atoms with Gasteiger partial charge < -0.3 is 40.3 Å². The second-order valence-electron chi connectivity index (χ2n) is 17.2. The van der Waals surface area contributed by atoms with Gasteiger partial charge in [0, 0.05) is 6.42 Å². The van der Waals surface area contributed by atoms with Crippen LogP contribution in [0.3, 0.4) is 0 Å². The van der Waals surface area contributed by atoms with Crippen LogP contribution in [0.1, 0.15) is 194 Å². The highest BCUT2D eigenvalue weighted by molar-refractivity contribution is 5.76. The second-order valence-corrected chi connectivity index (χ2v) is 17.2. The molecule has 9 heteroatoms. The molecule has 0 radical (unpaired) electrons. The van der Waals surface area contributed by atoms with Crippen molar-refractivity contribution in [2.75, 3.05) is 13.2 Å². The molecule has 0 saturated carbocycles. The normalized spacial score (nSPS) is 20.9. The van der Waals surface area contributed by atoms with Gasteiger partial charge in [0.25, 0.3) is 0 Å². The molecule has 1 amide bonds. The fourth-order valence-electron chi connectivity index (χ4n) is 7.47. The van der Waals surface area contributed by atoms with Gasteiger partial charge in [0.05, 0.1) is 25.4 Å². The first kappa shape index (κ1) is 58.4. The molecule has 1 saturated heterocycles. The molecule has 0 spiro atoms. The average molecular weight is 884 g/mol. The lowest BCUT2D eigenvalue weighted by Crippen LogP contribution is -2.60. The van der Waals surface area contributed by atoms with E-state index in [9.17, 15) is 30.3 Å². The minimum Gasteiger partial charge on any atom is -0.394 e. The third-order valence-corrected chi connectivity index (χ3v) is 11.5. The Hall–Kier alpha value is -2.63. The van der Waals surface area contributed by atoms with Crippen molar-refractivity contribution >= 4 is 5.91 Å². The summed E-state index contributed by atoms with van der Waals surface area (Å²) in [5.74, 6) is -0.261. The van der Waals surface area contributed by atoms with Crippen molar-refractivity contribution in [2.45, 2.75) is 236 Å². The number of carbonyl (C=O) groups excluding carboxylic acids is 1. The standard InChI is InChI=1S/C54H93NO8/c1-3-5-7-9-11-13-15-17-19-21-23-24-26-27-29-31-33-35-37-39-41-43-48(57)47(46-62-54-53(61)52(60)51(59)49(45-56)63-54)55-50(58)44-42-40-38-36-34-32-30-28-25-22-20-18-16-14-12-10-8-6-4-2/h6,8,12,14,18,20,25,28,32,34,38,40-41,43,47-49,51-54,56-57,59-61H,3-5,7,9-11,13,15-17,19,21-24,26-27,29-31,33,35-37,39,42,44-46H2,1-2H3,(H,55,58)/b8-6-,14-12-,20-18-,28-25-,34-32-,40-38-,43-41+. The molecule has 1 rings (SSSR count). The van der Waals surface area contributed by atoms with Crippen LogP contribution in [0.25, 0.3) is 0 Å². The van der Waals surface area contributed by atoms with Gasteiger partial charge in [-0.2, -0.15) is 0 Å². The molecule has 6 N–H and O–H groups in total. The Labute approximate surface area is 384 Å². The minimum atomic E-state index is -1.58. The molecule has 1 aliphatic heterocycles. The summed E-state index contributed by atoms with van der Waals surface area (Å²) in [4.78, 5) is 13.0. The molecule has 1 aliphatic rings. The number of nitrogens with one attached hydrogen (secondary N) is 1. The number of ether oxygens (including phenoxy) is 2. The molecule has 7 atom stereocenters. The minimum absolute atomic E-state index is 0.217. The lowest BCUT2D eigenvalue weighted by atomic mass is 9.99. The smallest absolute Gasteiger partial charge is 0.220 e. The van der Waals surface area contributed by atoms with Gasteiger partial charge in [-0.05, 0) is 57.8 Å². The summed E-state index contributed by atoms with van der Waals surface area (Å²) in [6.45, 7) is 3.62. The Bertz CT molecular complexity index is 1260. The van der Waals surface area contributed by atoms with Crippen LogP contribution in [0, 0.1) is 0 Å². The van der Waals surface area contributed by atoms with Crippen LogP contribution in [0.15, 0.2) is 85.1 Å². The van der Waals surface area contributed by atoms with Crippen LogP contribution >= 0.6 is 0 Å². The van der Waals surface area contributed by atoms with Gasteiger partial charge in [0.2, 0.25) is 5.91 Å². The molecule has 7 unspecified atom stereocenters. The quantitative estimate of drug-likeness (QED) is 0.0263. The van der Waals surface area contributed by atoms with E-state index < -0.39 is 49.5 Å². The molecule has 0 aromatic rings. The lowest BCUT2D eigenvalue weighted by Gasteiger charge is -2.40. The summed E-state index contributed by atoms with van der Waals surface area (Å²) in [7, 11) is 0. The maximum atomic E-state index is 13.0. The van der Waals surface area contributed by atoms with Crippen LogP contribution < -0.4 is 5.32 Å². The third-order valence-electron chi connectivity index (χ3n) is 11.5. The van der Waals surface area contributed by atoms with E-state index in [1.807, 2.05) is 18.2 Å². The Balaban J connectivity index is 2.37. The van der Waals surface area contributed by atoms with Crippen molar-refractivity contribution in [2.24, 2.45) is 0 Å². The average Bonchev–Trinajstić information content (AvgIpc) is 3.28. The van der Waals surface area contributed by atoms with Gasteiger partial charge in [-0.25, -0.2) is 0 Å². The maximum Gasteiger partial charge on any atom is 0.220 e. The first-order chi connectivity index (χ1) is 30.8. The first-order valence-electron chi connectivity index (χ1n) is 25.3. The highest BCUT2D eigenvalue weighted by Gasteiger charge is 2.44. The van der Waals surface area contributed by atoms with Gasteiger partial charge in [-0.1, -0.05) is 214 Å². The molecular weight excluding hydrogens is 791 g/mol. The zero-order valence-corrected chi connectivity index (χ0v) is 39.8. The SMILES string of the molecule is CC/C=C\C/C=C\C/C=C\C/C=C\C/C=C\C/C=C\CCC(=O)NC(COC1OC(CO)C(O)C(O)C1O)C(O)/C=C/CCCCCCCCCCCCCCCCCCCCC. The van der Waals surface area contributed by atoms with E-state index in [0.717, 1.165) is 57.8 Å². The van der Waals surface area contributed by atoms with Crippen molar-refractivity contribution in [3.05, 3.63) is 85.1 Å². The molecule has 0 aromatic carbocycles. The molecule has 9 nitrogen and oxygen atoms in total. The number of rotatable bonds is 41. The predicted molar refractivity (Wildman–Crippen MR) is 262 cm³/mol. The summed E-state index contributed by atoms with van der Waals surface area (Å²) in [6, 6.07) is -0.850. The number of unbranched alkanes of at least 4 members (excludes halogenated alkanes) is 19. The maximum absolute atomic E-state index is 13.0. The summed E-state index contributed by atoms with van der Waals surface area (Å²) in [6.07, 6.45) is 53.6. The number of hydrogen-bond donors (Lipinski definition) is 6. The molecule has 1 heterocycles. The number of aliphatic hydroxyl groups excluding tert-OH is 5. The van der Waals surface area contributed by atoms with Crippen molar-refractivity contribution in [3.63, 3.8) is 0 Å². The van der Waals surface area contributed by atoms with Crippen LogP contribution in [0.2, 0.25) is 0 Å². The Kier molecular flexibility index (Phi) is 40.1.